The minimum Gasteiger partial charge on any atom is -0.496 e. The van der Waals surface area contributed by atoms with Crippen molar-refractivity contribution in [3.05, 3.63) is 58.7 Å². The Morgan fingerprint density at radius 3 is 1.93 bits per heavy atom. The highest BCUT2D eigenvalue weighted by Crippen LogP contribution is 2.47. The molecule has 0 spiro atoms. The van der Waals surface area contributed by atoms with Crippen LogP contribution in [0.25, 0.3) is 0 Å². The summed E-state index contributed by atoms with van der Waals surface area (Å²) in [4.78, 5) is 23.0. The molecule has 1 aliphatic carbocycles. The van der Waals surface area contributed by atoms with E-state index in [1.807, 2.05) is 13.0 Å². The lowest BCUT2D eigenvalue weighted by atomic mass is 9.72. The number of hydrogen-bond acceptors (Lipinski definition) is 4. The summed E-state index contributed by atoms with van der Waals surface area (Å²) in [5.41, 5.74) is 4.58. The van der Waals surface area contributed by atoms with Crippen LogP contribution in [0.4, 0.5) is 0 Å². The maximum absolute atomic E-state index is 11.8. The van der Waals surface area contributed by atoms with Gasteiger partial charge < -0.3 is 9.47 Å². The minimum absolute atomic E-state index is 0.0241. The molecule has 0 amide bonds. The number of carbonyl (C=O) groups is 2. The average Bonchev–Trinajstić information content (AvgIpc) is 3.13. The molecule has 0 bridgehead atoms. The zero-order valence-electron chi connectivity index (χ0n) is 17.1. The van der Waals surface area contributed by atoms with Crippen LogP contribution in [-0.4, -0.2) is 18.9 Å². The van der Waals surface area contributed by atoms with E-state index < -0.39 is 5.97 Å². The van der Waals surface area contributed by atoms with Crippen molar-refractivity contribution >= 4 is 11.8 Å². The number of carbonyl (C=O) groups excluding carboxylic acids is 2. The number of benzene rings is 2. The van der Waals surface area contributed by atoms with Gasteiger partial charge in [0.2, 0.25) is 0 Å². The van der Waals surface area contributed by atoms with Gasteiger partial charge in [0.15, 0.2) is 0 Å². The first-order valence-electron chi connectivity index (χ1n) is 9.82. The van der Waals surface area contributed by atoms with Crippen molar-refractivity contribution in [1.82, 2.24) is 0 Å². The second-order valence-corrected chi connectivity index (χ2v) is 7.81. The standard InChI is InChI=1S/C24H28O4/c1-16-13-19(7-9-21(16)27-4)24(11-5-6-12-24)20-8-10-22(17(2)14-20)28-23(26)15-18(3)25/h7-10,13-14H,5-6,11-12,15H2,1-4H3. The Hall–Kier alpha value is -2.62. The molecule has 1 saturated carbocycles. The monoisotopic (exact) mass is 380 g/mol. The van der Waals surface area contributed by atoms with E-state index in [0.29, 0.717) is 5.75 Å². The summed E-state index contributed by atoms with van der Waals surface area (Å²) in [5, 5.41) is 0. The molecular weight excluding hydrogens is 352 g/mol. The molecule has 3 rings (SSSR count). The van der Waals surface area contributed by atoms with Crippen LogP contribution in [0.5, 0.6) is 11.5 Å². The number of methoxy groups -OCH3 is 1. The topological polar surface area (TPSA) is 52.6 Å². The lowest BCUT2D eigenvalue weighted by Gasteiger charge is -2.31. The number of rotatable bonds is 6. The Kier molecular flexibility index (Phi) is 5.87. The van der Waals surface area contributed by atoms with Gasteiger partial charge in [0.05, 0.1) is 7.11 Å². The third kappa shape index (κ3) is 3.96. The van der Waals surface area contributed by atoms with Gasteiger partial charge in [-0.2, -0.15) is 0 Å². The van der Waals surface area contributed by atoms with Crippen molar-refractivity contribution in [2.75, 3.05) is 7.11 Å². The lowest BCUT2D eigenvalue weighted by Crippen LogP contribution is -2.24. The number of ketones is 1. The highest BCUT2D eigenvalue weighted by molar-refractivity contribution is 5.95. The van der Waals surface area contributed by atoms with Crippen molar-refractivity contribution in [3.8, 4) is 11.5 Å². The lowest BCUT2D eigenvalue weighted by molar-refractivity contribution is -0.137. The highest BCUT2D eigenvalue weighted by Gasteiger charge is 2.37. The molecule has 4 heteroatoms. The van der Waals surface area contributed by atoms with Gasteiger partial charge in [-0.15, -0.1) is 0 Å². The molecule has 28 heavy (non-hydrogen) atoms. The molecule has 0 radical (unpaired) electrons. The van der Waals surface area contributed by atoms with Gasteiger partial charge in [0.25, 0.3) is 0 Å². The molecule has 0 unspecified atom stereocenters. The SMILES string of the molecule is COc1ccc(C2(c3ccc(OC(=O)CC(C)=O)c(C)c3)CCCC2)cc1C. The second kappa shape index (κ2) is 8.17. The Morgan fingerprint density at radius 2 is 1.46 bits per heavy atom. The molecule has 2 aromatic carbocycles. The van der Waals surface area contributed by atoms with E-state index in [2.05, 4.69) is 37.3 Å². The predicted molar refractivity (Wildman–Crippen MR) is 109 cm³/mol. The van der Waals surface area contributed by atoms with Gasteiger partial charge in [0, 0.05) is 5.41 Å². The molecule has 1 aliphatic rings. The van der Waals surface area contributed by atoms with E-state index in [-0.39, 0.29) is 17.6 Å². The summed E-state index contributed by atoms with van der Waals surface area (Å²) < 4.78 is 10.8. The Balaban J connectivity index is 1.95. The smallest absolute Gasteiger partial charge is 0.318 e. The van der Waals surface area contributed by atoms with Gasteiger partial charge >= 0.3 is 5.97 Å². The van der Waals surface area contributed by atoms with Gasteiger partial charge in [-0.05, 0) is 68.0 Å². The first kappa shape index (κ1) is 20.1. The van der Waals surface area contributed by atoms with E-state index in [4.69, 9.17) is 9.47 Å². The van der Waals surface area contributed by atoms with Crippen molar-refractivity contribution < 1.29 is 19.1 Å². The van der Waals surface area contributed by atoms with E-state index in [1.54, 1.807) is 7.11 Å². The van der Waals surface area contributed by atoms with Crippen molar-refractivity contribution in [1.29, 1.82) is 0 Å². The zero-order valence-corrected chi connectivity index (χ0v) is 17.1. The Bertz CT molecular complexity index is 891. The van der Waals surface area contributed by atoms with Crippen LogP contribution in [0.2, 0.25) is 0 Å². The minimum atomic E-state index is -0.510. The molecule has 0 aliphatic heterocycles. The maximum atomic E-state index is 11.8. The fourth-order valence-corrected chi connectivity index (χ4v) is 4.32. The molecule has 0 aromatic heterocycles. The average molecular weight is 380 g/mol. The summed E-state index contributed by atoms with van der Waals surface area (Å²) in [7, 11) is 1.70. The van der Waals surface area contributed by atoms with Crippen LogP contribution in [0.15, 0.2) is 36.4 Å². The third-order valence-electron chi connectivity index (χ3n) is 5.75. The molecule has 2 aromatic rings. The molecule has 4 nitrogen and oxygen atoms in total. The van der Waals surface area contributed by atoms with Gasteiger partial charge in [-0.3, -0.25) is 9.59 Å². The first-order chi connectivity index (χ1) is 13.4. The van der Waals surface area contributed by atoms with Crippen LogP contribution in [0.1, 0.15) is 61.3 Å². The normalized spacial score (nSPS) is 15.3. The summed E-state index contributed by atoms with van der Waals surface area (Å²) in [6.45, 7) is 5.41. The van der Waals surface area contributed by atoms with Crippen LogP contribution in [-0.2, 0) is 15.0 Å². The molecule has 148 valence electrons. The van der Waals surface area contributed by atoms with Gasteiger partial charge in [0.1, 0.15) is 23.7 Å². The number of aryl methyl sites for hydroxylation is 2. The molecule has 0 N–H and O–H groups in total. The summed E-state index contributed by atoms with van der Waals surface area (Å²) in [6, 6.07) is 12.5. The zero-order chi connectivity index (χ0) is 20.3. The molecule has 1 fully saturated rings. The van der Waals surface area contributed by atoms with E-state index in [0.717, 1.165) is 29.7 Å². The number of hydrogen-bond donors (Lipinski definition) is 0. The third-order valence-corrected chi connectivity index (χ3v) is 5.75. The van der Waals surface area contributed by atoms with E-state index >= 15 is 0 Å². The molecule has 0 heterocycles. The van der Waals surface area contributed by atoms with Crippen LogP contribution < -0.4 is 9.47 Å². The predicted octanol–water partition coefficient (Wildman–Crippen LogP) is 5.06. The molecule has 0 atom stereocenters. The van der Waals surface area contributed by atoms with Crippen LogP contribution in [0.3, 0.4) is 0 Å². The molecular formula is C24H28O4. The largest absolute Gasteiger partial charge is 0.496 e. The summed E-state index contributed by atoms with van der Waals surface area (Å²) >= 11 is 0. The number of ether oxygens (including phenoxy) is 2. The maximum Gasteiger partial charge on any atom is 0.318 e. The van der Waals surface area contributed by atoms with Gasteiger partial charge in [-0.25, -0.2) is 0 Å². The highest BCUT2D eigenvalue weighted by atomic mass is 16.5. The van der Waals surface area contributed by atoms with Crippen molar-refractivity contribution in [2.24, 2.45) is 0 Å². The number of Topliss-reactive ketones (excluding diaryl/α,β-unsaturated/α-hetero) is 1. The second-order valence-electron chi connectivity index (χ2n) is 7.81. The summed E-state index contributed by atoms with van der Waals surface area (Å²) in [6.07, 6.45) is 4.39. The molecule has 0 saturated heterocycles. The van der Waals surface area contributed by atoms with Crippen molar-refractivity contribution in [3.63, 3.8) is 0 Å². The van der Waals surface area contributed by atoms with E-state index in [9.17, 15) is 9.59 Å². The van der Waals surface area contributed by atoms with Crippen molar-refractivity contribution in [2.45, 2.75) is 58.3 Å². The van der Waals surface area contributed by atoms with Crippen LogP contribution >= 0.6 is 0 Å². The summed E-state index contributed by atoms with van der Waals surface area (Å²) in [5.74, 6) is 0.721. The Morgan fingerprint density at radius 1 is 0.929 bits per heavy atom. The fraction of sp³-hybridized carbons (Fsp3) is 0.417. The Labute approximate surface area is 166 Å². The number of esters is 1. The first-order valence-corrected chi connectivity index (χ1v) is 9.82. The van der Waals surface area contributed by atoms with E-state index in [1.165, 1.54) is 30.9 Å². The fourth-order valence-electron chi connectivity index (χ4n) is 4.32. The van der Waals surface area contributed by atoms with Gasteiger partial charge in [-0.1, -0.05) is 37.1 Å². The van der Waals surface area contributed by atoms with Crippen LogP contribution in [0, 0.1) is 13.8 Å². The quantitative estimate of drug-likeness (QED) is 0.399.